The molecule has 2 aliphatic rings. The van der Waals surface area contributed by atoms with Gasteiger partial charge in [0.25, 0.3) is 5.91 Å². The molecule has 36 heavy (non-hydrogen) atoms. The van der Waals surface area contributed by atoms with Gasteiger partial charge in [-0.1, -0.05) is 24.3 Å². The number of nitriles is 1. The first-order chi connectivity index (χ1) is 17.4. The van der Waals surface area contributed by atoms with E-state index in [1.54, 1.807) is 36.4 Å². The Labute approximate surface area is 208 Å². The van der Waals surface area contributed by atoms with E-state index < -0.39 is 21.7 Å². The standard InChI is InChI=1S/C27H22N2O6S/c28-15-18-5-3-6-19(13-18)16-29-23-14-20(27(31)35-17-21-7-4-12-34-21)10-11-25(23)36(32,33)24-9-2-1-8-22(24)26(29)30/h1-3,5-6,8-11,13-14,21H,4,7,12,16-17H2/t21-/m1/s1. The van der Waals surface area contributed by atoms with Crippen molar-refractivity contribution < 1.29 is 27.5 Å². The second-order valence-electron chi connectivity index (χ2n) is 8.62. The minimum Gasteiger partial charge on any atom is -0.459 e. The monoisotopic (exact) mass is 502 g/mol. The Morgan fingerprint density at radius 3 is 2.69 bits per heavy atom. The molecule has 3 aromatic carbocycles. The maximum Gasteiger partial charge on any atom is 0.338 e. The van der Waals surface area contributed by atoms with E-state index in [1.807, 2.05) is 0 Å². The maximum atomic E-state index is 13.7. The van der Waals surface area contributed by atoms with E-state index in [2.05, 4.69) is 6.07 Å². The molecule has 0 bridgehead atoms. The number of carbonyl (C=O) groups excluding carboxylic acids is 2. The highest BCUT2D eigenvalue weighted by Gasteiger charge is 2.36. The number of anilines is 1. The minimum atomic E-state index is -4.06. The fourth-order valence-electron chi connectivity index (χ4n) is 4.44. The first kappa shape index (κ1) is 23.7. The number of carbonyl (C=O) groups is 2. The molecule has 0 unspecified atom stereocenters. The van der Waals surface area contributed by atoms with Gasteiger partial charge in [-0.25, -0.2) is 13.2 Å². The summed E-state index contributed by atoms with van der Waals surface area (Å²) in [6.07, 6.45) is 1.55. The Morgan fingerprint density at radius 1 is 1.08 bits per heavy atom. The van der Waals surface area contributed by atoms with E-state index in [0.717, 1.165) is 12.8 Å². The molecule has 2 aliphatic heterocycles. The summed E-state index contributed by atoms with van der Waals surface area (Å²) in [5, 5.41) is 9.28. The third kappa shape index (κ3) is 4.37. The van der Waals surface area contributed by atoms with Crippen LogP contribution >= 0.6 is 0 Å². The van der Waals surface area contributed by atoms with Crippen LogP contribution in [0.1, 0.15) is 44.7 Å². The molecule has 0 spiro atoms. The van der Waals surface area contributed by atoms with Crippen LogP contribution in [0.3, 0.4) is 0 Å². The topological polar surface area (TPSA) is 114 Å². The molecule has 8 nitrogen and oxygen atoms in total. The molecule has 0 radical (unpaired) electrons. The molecule has 3 aromatic rings. The third-order valence-electron chi connectivity index (χ3n) is 6.25. The molecule has 1 fully saturated rings. The molecule has 2 heterocycles. The fraction of sp³-hybridized carbons (Fsp3) is 0.222. The number of ether oxygens (including phenoxy) is 2. The summed E-state index contributed by atoms with van der Waals surface area (Å²) >= 11 is 0. The zero-order valence-electron chi connectivity index (χ0n) is 19.2. The highest BCUT2D eigenvalue weighted by atomic mass is 32.2. The van der Waals surface area contributed by atoms with Gasteiger partial charge in [0.05, 0.1) is 50.9 Å². The second-order valence-corrected chi connectivity index (χ2v) is 10.5. The van der Waals surface area contributed by atoms with Crippen molar-refractivity contribution in [2.45, 2.75) is 35.3 Å². The van der Waals surface area contributed by atoms with Crippen LogP contribution in [0.4, 0.5) is 5.69 Å². The highest BCUT2D eigenvalue weighted by molar-refractivity contribution is 7.91. The van der Waals surface area contributed by atoms with Gasteiger partial charge >= 0.3 is 5.97 Å². The van der Waals surface area contributed by atoms with E-state index in [0.29, 0.717) is 17.7 Å². The number of rotatable bonds is 5. The van der Waals surface area contributed by atoms with Crippen LogP contribution in [0, 0.1) is 11.3 Å². The zero-order chi connectivity index (χ0) is 25.3. The largest absolute Gasteiger partial charge is 0.459 e. The molecule has 1 saturated heterocycles. The maximum absolute atomic E-state index is 13.7. The number of hydrogen-bond donors (Lipinski definition) is 0. The molecular weight excluding hydrogens is 480 g/mol. The zero-order valence-corrected chi connectivity index (χ0v) is 20.0. The number of sulfone groups is 1. The van der Waals surface area contributed by atoms with Crippen molar-refractivity contribution >= 4 is 27.4 Å². The number of fused-ring (bicyclic) bond motifs is 2. The van der Waals surface area contributed by atoms with E-state index in [4.69, 9.17) is 9.47 Å². The Balaban J connectivity index is 1.59. The summed E-state index contributed by atoms with van der Waals surface area (Å²) in [6.45, 7) is 0.729. The van der Waals surface area contributed by atoms with Gasteiger partial charge in [0, 0.05) is 6.61 Å². The molecule has 182 valence electrons. The first-order valence-corrected chi connectivity index (χ1v) is 12.9. The lowest BCUT2D eigenvalue weighted by atomic mass is 10.1. The van der Waals surface area contributed by atoms with Gasteiger partial charge in [-0.2, -0.15) is 5.26 Å². The lowest BCUT2D eigenvalue weighted by molar-refractivity contribution is 0.0161. The molecule has 1 amide bonds. The lowest BCUT2D eigenvalue weighted by Gasteiger charge is -2.23. The molecule has 0 saturated carbocycles. The van der Waals surface area contributed by atoms with Crippen LogP contribution in [-0.4, -0.2) is 39.6 Å². The fourth-order valence-corrected chi connectivity index (χ4v) is 6.07. The number of benzene rings is 3. The number of hydrogen-bond acceptors (Lipinski definition) is 7. The smallest absolute Gasteiger partial charge is 0.338 e. The van der Waals surface area contributed by atoms with E-state index in [1.165, 1.54) is 35.2 Å². The molecule has 9 heteroatoms. The first-order valence-electron chi connectivity index (χ1n) is 11.5. The van der Waals surface area contributed by atoms with Crippen molar-refractivity contribution in [1.82, 2.24) is 0 Å². The normalized spacial score (nSPS) is 18.0. The summed E-state index contributed by atoms with van der Waals surface area (Å²) in [7, 11) is -4.06. The summed E-state index contributed by atoms with van der Waals surface area (Å²) in [5.74, 6) is -1.16. The second kappa shape index (κ2) is 9.57. The molecule has 0 N–H and O–H groups in total. The summed E-state index contributed by atoms with van der Waals surface area (Å²) in [6, 6.07) is 18.9. The average Bonchev–Trinajstić information content (AvgIpc) is 3.41. The lowest BCUT2D eigenvalue weighted by Crippen LogP contribution is -2.30. The van der Waals surface area contributed by atoms with Crippen molar-refractivity contribution in [2.75, 3.05) is 18.1 Å². The highest BCUT2D eigenvalue weighted by Crippen LogP contribution is 2.38. The van der Waals surface area contributed by atoms with Crippen molar-refractivity contribution in [3.63, 3.8) is 0 Å². The summed E-state index contributed by atoms with van der Waals surface area (Å²) < 4.78 is 38.1. The van der Waals surface area contributed by atoms with Crippen molar-refractivity contribution in [2.24, 2.45) is 0 Å². The number of nitrogens with zero attached hydrogens (tertiary/aromatic N) is 2. The van der Waals surface area contributed by atoms with E-state index >= 15 is 0 Å². The Kier molecular flexibility index (Phi) is 6.31. The van der Waals surface area contributed by atoms with Gasteiger partial charge in [0.1, 0.15) is 6.61 Å². The SMILES string of the molecule is N#Cc1cccc(CN2C(=O)c3ccccc3S(=O)(=O)c3ccc(C(=O)OC[C@H]4CCCO4)cc32)c1. The Bertz CT molecular complexity index is 1500. The predicted molar refractivity (Wildman–Crippen MR) is 129 cm³/mol. The molecule has 1 atom stereocenters. The summed E-state index contributed by atoms with van der Waals surface area (Å²) in [4.78, 5) is 27.6. The molecular formula is C27H22N2O6S. The quantitative estimate of drug-likeness (QED) is 0.486. The average molecular weight is 503 g/mol. The number of esters is 1. The predicted octanol–water partition coefficient (Wildman–Crippen LogP) is 3.89. The van der Waals surface area contributed by atoms with Crippen molar-refractivity contribution in [3.05, 3.63) is 89.0 Å². The van der Waals surface area contributed by atoms with Crippen LogP contribution in [0.25, 0.3) is 0 Å². The summed E-state index contributed by atoms with van der Waals surface area (Å²) in [5.41, 5.74) is 1.28. The van der Waals surface area contributed by atoms with Gasteiger partial charge in [-0.3, -0.25) is 4.79 Å². The molecule has 5 rings (SSSR count). The Morgan fingerprint density at radius 2 is 1.92 bits per heavy atom. The van der Waals surface area contributed by atoms with Crippen LogP contribution in [0.15, 0.2) is 76.5 Å². The van der Waals surface area contributed by atoms with Gasteiger partial charge in [-0.15, -0.1) is 0 Å². The molecule has 0 aliphatic carbocycles. The van der Waals surface area contributed by atoms with Crippen molar-refractivity contribution in [1.29, 1.82) is 5.26 Å². The van der Waals surface area contributed by atoms with Crippen LogP contribution in [0.2, 0.25) is 0 Å². The van der Waals surface area contributed by atoms with E-state index in [-0.39, 0.29) is 45.9 Å². The van der Waals surface area contributed by atoms with E-state index in [9.17, 15) is 23.3 Å². The van der Waals surface area contributed by atoms with Crippen molar-refractivity contribution in [3.8, 4) is 6.07 Å². The number of amides is 1. The van der Waals surface area contributed by atoms with Gasteiger partial charge in [-0.05, 0) is 60.9 Å². The molecule has 0 aromatic heterocycles. The van der Waals surface area contributed by atoms with Crippen LogP contribution in [0.5, 0.6) is 0 Å². The minimum absolute atomic E-state index is 0.000374. The van der Waals surface area contributed by atoms with Gasteiger partial charge in [0.2, 0.25) is 9.84 Å². The van der Waals surface area contributed by atoms with Crippen LogP contribution in [-0.2, 0) is 25.9 Å². The Hall–Kier alpha value is -4.00. The van der Waals surface area contributed by atoms with Crippen LogP contribution < -0.4 is 4.90 Å². The third-order valence-corrected chi connectivity index (χ3v) is 8.11. The van der Waals surface area contributed by atoms with Gasteiger partial charge in [0.15, 0.2) is 0 Å². The van der Waals surface area contributed by atoms with Gasteiger partial charge < -0.3 is 14.4 Å².